The molecular formula is C20H15N5O2. The second-order valence-corrected chi connectivity index (χ2v) is 6.54. The maximum absolute atomic E-state index is 13.3. The minimum absolute atomic E-state index is 0.260. The number of carbonyl (C=O) groups excluding carboxylic acids is 2. The van der Waals surface area contributed by atoms with E-state index in [1.54, 1.807) is 10.7 Å². The predicted molar refractivity (Wildman–Crippen MR) is 98.9 cm³/mol. The predicted octanol–water partition coefficient (Wildman–Crippen LogP) is 2.43. The van der Waals surface area contributed by atoms with Crippen molar-refractivity contribution in [3.05, 3.63) is 83.3 Å². The lowest BCUT2D eigenvalue weighted by Crippen LogP contribution is -2.32. The number of fused-ring (bicyclic) bond motifs is 1. The van der Waals surface area contributed by atoms with Crippen LogP contribution in [-0.4, -0.2) is 26.6 Å². The van der Waals surface area contributed by atoms with Crippen LogP contribution in [0.1, 0.15) is 17.2 Å². The number of imide groups is 1. The SMILES string of the molecule is Cc1cccc(N2C(=O)C3=C(C2=O)[C@H](c2ccccc2)n2ncnc2N3)c1. The van der Waals surface area contributed by atoms with Gasteiger partial charge in [-0.05, 0) is 30.2 Å². The van der Waals surface area contributed by atoms with Gasteiger partial charge in [-0.1, -0.05) is 42.5 Å². The van der Waals surface area contributed by atoms with Crippen LogP contribution in [0.5, 0.6) is 0 Å². The van der Waals surface area contributed by atoms with E-state index < -0.39 is 6.04 Å². The minimum atomic E-state index is -0.508. The van der Waals surface area contributed by atoms with Crippen LogP contribution in [0.25, 0.3) is 0 Å². The first kappa shape index (κ1) is 15.5. The summed E-state index contributed by atoms with van der Waals surface area (Å²) in [4.78, 5) is 31.8. The highest BCUT2D eigenvalue weighted by molar-refractivity contribution is 6.34. The summed E-state index contributed by atoms with van der Waals surface area (Å²) in [5, 5.41) is 7.26. The molecule has 0 fully saturated rings. The first-order chi connectivity index (χ1) is 13.1. The zero-order valence-corrected chi connectivity index (χ0v) is 14.5. The molecule has 3 heterocycles. The summed E-state index contributed by atoms with van der Waals surface area (Å²) in [6, 6.07) is 16.4. The highest BCUT2D eigenvalue weighted by atomic mass is 16.2. The number of aryl methyl sites for hydroxylation is 1. The molecule has 5 rings (SSSR count). The first-order valence-corrected chi connectivity index (χ1v) is 8.56. The number of amides is 2. The van der Waals surface area contributed by atoms with Crippen molar-refractivity contribution >= 4 is 23.5 Å². The molecule has 132 valence electrons. The second-order valence-electron chi connectivity index (χ2n) is 6.54. The summed E-state index contributed by atoms with van der Waals surface area (Å²) in [6.45, 7) is 1.92. The molecule has 1 N–H and O–H groups in total. The molecule has 2 aliphatic heterocycles. The fraction of sp³-hybridized carbons (Fsp3) is 0.100. The molecule has 0 unspecified atom stereocenters. The van der Waals surface area contributed by atoms with Crippen LogP contribution in [0.15, 0.2) is 72.2 Å². The van der Waals surface area contributed by atoms with Crippen LogP contribution in [-0.2, 0) is 9.59 Å². The molecule has 7 nitrogen and oxygen atoms in total. The van der Waals surface area contributed by atoms with E-state index in [-0.39, 0.29) is 17.5 Å². The van der Waals surface area contributed by atoms with Crippen molar-refractivity contribution < 1.29 is 9.59 Å². The van der Waals surface area contributed by atoms with Gasteiger partial charge < -0.3 is 5.32 Å². The Kier molecular flexibility index (Phi) is 3.24. The number of hydrogen-bond donors (Lipinski definition) is 1. The van der Waals surface area contributed by atoms with Crippen LogP contribution < -0.4 is 10.2 Å². The Morgan fingerprint density at radius 3 is 2.59 bits per heavy atom. The van der Waals surface area contributed by atoms with Gasteiger partial charge in [0.1, 0.15) is 18.1 Å². The molecule has 2 aliphatic rings. The van der Waals surface area contributed by atoms with Gasteiger partial charge in [0.15, 0.2) is 0 Å². The normalized spacial score (nSPS) is 18.4. The minimum Gasteiger partial charge on any atom is -0.319 e. The largest absolute Gasteiger partial charge is 0.319 e. The fourth-order valence-electron chi connectivity index (χ4n) is 3.63. The van der Waals surface area contributed by atoms with Crippen LogP contribution in [0.3, 0.4) is 0 Å². The van der Waals surface area contributed by atoms with Gasteiger partial charge in [-0.3, -0.25) is 9.59 Å². The number of carbonyl (C=O) groups is 2. The molecule has 7 heteroatoms. The van der Waals surface area contributed by atoms with Crippen molar-refractivity contribution in [1.29, 1.82) is 0 Å². The van der Waals surface area contributed by atoms with Gasteiger partial charge in [0, 0.05) is 0 Å². The third-order valence-corrected chi connectivity index (χ3v) is 4.82. The van der Waals surface area contributed by atoms with Crippen molar-refractivity contribution in [2.45, 2.75) is 13.0 Å². The lowest BCUT2D eigenvalue weighted by molar-refractivity contribution is -0.120. The number of anilines is 2. The molecule has 2 amide bonds. The van der Waals surface area contributed by atoms with Gasteiger partial charge in [-0.15, -0.1) is 0 Å². The highest BCUT2D eigenvalue weighted by Gasteiger charge is 2.47. The number of hydrogen-bond acceptors (Lipinski definition) is 5. The van der Waals surface area contributed by atoms with Crippen molar-refractivity contribution in [2.24, 2.45) is 0 Å². The Morgan fingerprint density at radius 1 is 1.00 bits per heavy atom. The van der Waals surface area contributed by atoms with E-state index in [1.165, 1.54) is 11.2 Å². The second kappa shape index (κ2) is 5.63. The van der Waals surface area contributed by atoms with Crippen molar-refractivity contribution in [1.82, 2.24) is 14.8 Å². The van der Waals surface area contributed by atoms with E-state index in [9.17, 15) is 9.59 Å². The Morgan fingerprint density at radius 2 is 1.81 bits per heavy atom. The molecule has 2 aromatic carbocycles. The molecule has 0 radical (unpaired) electrons. The third-order valence-electron chi connectivity index (χ3n) is 4.82. The standard InChI is InChI=1S/C20H15N5O2/c1-12-6-5-9-14(10-12)24-18(26)15-16(19(24)27)23-20-21-11-22-25(20)17(15)13-7-3-2-4-8-13/h2-11,17H,1H3,(H,21,22,23)/t17-/m0/s1. The van der Waals surface area contributed by atoms with Gasteiger partial charge in [0.25, 0.3) is 11.8 Å². The molecule has 1 atom stereocenters. The lowest BCUT2D eigenvalue weighted by atomic mass is 9.96. The number of aromatic nitrogens is 3. The summed E-state index contributed by atoms with van der Waals surface area (Å²) >= 11 is 0. The Balaban J connectivity index is 1.67. The van der Waals surface area contributed by atoms with Crippen LogP contribution in [0.2, 0.25) is 0 Å². The third kappa shape index (κ3) is 2.21. The number of benzene rings is 2. The van der Waals surface area contributed by atoms with E-state index in [2.05, 4.69) is 15.4 Å². The van der Waals surface area contributed by atoms with Crippen molar-refractivity contribution in [3.63, 3.8) is 0 Å². The molecule has 0 spiro atoms. The van der Waals surface area contributed by atoms with Crippen LogP contribution >= 0.6 is 0 Å². The average molecular weight is 357 g/mol. The molecular weight excluding hydrogens is 342 g/mol. The van der Waals surface area contributed by atoms with Gasteiger partial charge in [0.2, 0.25) is 5.95 Å². The number of rotatable bonds is 2. The van der Waals surface area contributed by atoms with E-state index in [0.29, 0.717) is 17.2 Å². The summed E-state index contributed by atoms with van der Waals surface area (Å²) < 4.78 is 1.64. The summed E-state index contributed by atoms with van der Waals surface area (Å²) in [5.41, 5.74) is 3.03. The molecule has 27 heavy (non-hydrogen) atoms. The Hall–Kier alpha value is -3.74. The molecule has 0 aliphatic carbocycles. The average Bonchev–Trinajstić information content (AvgIpc) is 3.24. The van der Waals surface area contributed by atoms with Gasteiger partial charge >= 0.3 is 0 Å². The molecule has 0 saturated heterocycles. The zero-order chi connectivity index (χ0) is 18.5. The summed E-state index contributed by atoms with van der Waals surface area (Å²) in [5.74, 6) is -0.284. The summed E-state index contributed by atoms with van der Waals surface area (Å²) in [7, 11) is 0. The van der Waals surface area contributed by atoms with Gasteiger partial charge in [0.05, 0.1) is 11.3 Å². The molecule has 1 aromatic heterocycles. The van der Waals surface area contributed by atoms with Gasteiger partial charge in [-0.25, -0.2) is 9.58 Å². The van der Waals surface area contributed by atoms with Gasteiger partial charge in [-0.2, -0.15) is 10.1 Å². The summed E-state index contributed by atoms with van der Waals surface area (Å²) in [6.07, 6.45) is 1.41. The van der Waals surface area contributed by atoms with Crippen LogP contribution in [0.4, 0.5) is 11.6 Å². The quantitative estimate of drug-likeness (QED) is 0.713. The first-order valence-electron chi connectivity index (χ1n) is 8.56. The van der Waals surface area contributed by atoms with Crippen LogP contribution in [0, 0.1) is 6.92 Å². The lowest BCUT2D eigenvalue weighted by Gasteiger charge is -2.24. The van der Waals surface area contributed by atoms with Crippen molar-refractivity contribution in [2.75, 3.05) is 10.2 Å². The topological polar surface area (TPSA) is 80.1 Å². The number of nitrogens with zero attached hydrogens (tertiary/aromatic N) is 4. The maximum atomic E-state index is 13.3. The Labute approximate surface area is 154 Å². The maximum Gasteiger partial charge on any atom is 0.282 e. The number of nitrogens with one attached hydrogen (secondary N) is 1. The molecule has 0 saturated carbocycles. The van der Waals surface area contributed by atoms with E-state index in [1.807, 2.05) is 55.5 Å². The highest BCUT2D eigenvalue weighted by Crippen LogP contribution is 2.40. The smallest absolute Gasteiger partial charge is 0.282 e. The van der Waals surface area contributed by atoms with Crippen molar-refractivity contribution in [3.8, 4) is 0 Å². The molecule has 0 bridgehead atoms. The van der Waals surface area contributed by atoms with E-state index >= 15 is 0 Å². The zero-order valence-electron chi connectivity index (χ0n) is 14.5. The molecule has 3 aromatic rings. The van der Waals surface area contributed by atoms with E-state index in [4.69, 9.17) is 0 Å². The fourth-order valence-corrected chi connectivity index (χ4v) is 3.63. The monoisotopic (exact) mass is 357 g/mol. The Bertz CT molecular complexity index is 1120. The van der Waals surface area contributed by atoms with E-state index in [0.717, 1.165) is 11.1 Å².